The number of carbonyl (C=O) groups is 1. The third-order valence-corrected chi connectivity index (χ3v) is 4.60. The zero-order valence-electron chi connectivity index (χ0n) is 12.7. The summed E-state index contributed by atoms with van der Waals surface area (Å²) in [6, 6.07) is 9.37. The lowest BCUT2D eigenvalue weighted by molar-refractivity contribution is -0.122. The molecule has 21 heavy (non-hydrogen) atoms. The topological polar surface area (TPSA) is 75.4 Å². The third kappa shape index (κ3) is 4.29. The molecule has 1 aliphatic carbocycles. The maximum Gasteiger partial charge on any atom is 0.221 e. The summed E-state index contributed by atoms with van der Waals surface area (Å²) >= 11 is 0. The Morgan fingerprint density at radius 3 is 2.81 bits per heavy atom. The summed E-state index contributed by atoms with van der Waals surface area (Å²) in [4.78, 5) is 12.0. The van der Waals surface area contributed by atoms with Crippen LogP contribution in [0, 0.1) is 5.41 Å². The van der Waals surface area contributed by atoms with Gasteiger partial charge in [-0.2, -0.15) is 0 Å². The molecule has 2 rings (SSSR count). The molecule has 4 heteroatoms. The lowest BCUT2D eigenvalue weighted by Gasteiger charge is -2.38. The molecule has 1 saturated carbocycles. The van der Waals surface area contributed by atoms with Gasteiger partial charge in [-0.3, -0.25) is 4.79 Å². The van der Waals surface area contributed by atoms with Crippen molar-refractivity contribution in [1.82, 2.24) is 5.32 Å². The predicted octanol–water partition coefficient (Wildman–Crippen LogP) is 2.13. The molecule has 1 fully saturated rings. The second-order valence-electron chi connectivity index (χ2n) is 6.41. The first-order valence-corrected chi connectivity index (χ1v) is 7.76. The zero-order valence-corrected chi connectivity index (χ0v) is 12.7. The number of nitrogens with two attached hydrogens (primary N) is 1. The van der Waals surface area contributed by atoms with E-state index < -0.39 is 0 Å². The first kappa shape index (κ1) is 16.0. The smallest absolute Gasteiger partial charge is 0.221 e. The van der Waals surface area contributed by atoms with Gasteiger partial charge in [-0.15, -0.1) is 0 Å². The Kier molecular flexibility index (Phi) is 5.37. The molecule has 0 radical (unpaired) electrons. The summed E-state index contributed by atoms with van der Waals surface area (Å²) in [5.41, 5.74) is 6.82. The molecule has 0 heterocycles. The van der Waals surface area contributed by atoms with Gasteiger partial charge in [0.1, 0.15) is 0 Å². The zero-order chi connectivity index (χ0) is 15.3. The average molecular weight is 290 g/mol. The minimum Gasteiger partial charge on any atom is -0.392 e. The predicted molar refractivity (Wildman–Crippen MR) is 83.6 cm³/mol. The Morgan fingerprint density at radius 2 is 2.14 bits per heavy atom. The number of nitrogens with one attached hydrogen (secondary N) is 1. The molecule has 1 aliphatic rings. The molecule has 0 bridgehead atoms. The van der Waals surface area contributed by atoms with Crippen molar-refractivity contribution in [1.29, 1.82) is 0 Å². The van der Waals surface area contributed by atoms with Gasteiger partial charge in [0, 0.05) is 24.4 Å². The Hall–Kier alpha value is -1.39. The second kappa shape index (κ2) is 7.05. The van der Waals surface area contributed by atoms with Crippen LogP contribution < -0.4 is 11.1 Å². The third-order valence-electron chi connectivity index (χ3n) is 4.60. The van der Waals surface area contributed by atoms with Crippen molar-refractivity contribution >= 4 is 5.91 Å². The number of hydrogen-bond acceptors (Lipinski definition) is 3. The number of amides is 1. The molecular formula is C17H26N2O2. The van der Waals surface area contributed by atoms with Gasteiger partial charge < -0.3 is 16.2 Å². The lowest BCUT2D eigenvalue weighted by Crippen LogP contribution is -2.45. The van der Waals surface area contributed by atoms with Gasteiger partial charge in [0.05, 0.1) is 6.10 Å². The van der Waals surface area contributed by atoms with Crippen molar-refractivity contribution < 1.29 is 9.90 Å². The van der Waals surface area contributed by atoms with Gasteiger partial charge >= 0.3 is 0 Å². The van der Waals surface area contributed by atoms with Gasteiger partial charge in [0.2, 0.25) is 5.91 Å². The fourth-order valence-corrected chi connectivity index (χ4v) is 2.98. The van der Waals surface area contributed by atoms with Crippen LogP contribution in [0.3, 0.4) is 0 Å². The van der Waals surface area contributed by atoms with E-state index in [0.29, 0.717) is 6.54 Å². The normalized spacial score (nSPS) is 27.1. The molecule has 1 aromatic carbocycles. The highest BCUT2D eigenvalue weighted by molar-refractivity contribution is 5.76. The number of aliphatic hydroxyl groups is 1. The van der Waals surface area contributed by atoms with Crippen molar-refractivity contribution in [2.75, 3.05) is 6.54 Å². The van der Waals surface area contributed by atoms with E-state index in [1.54, 1.807) is 0 Å². The van der Waals surface area contributed by atoms with Crippen LogP contribution in [0.2, 0.25) is 0 Å². The van der Waals surface area contributed by atoms with Crippen molar-refractivity contribution in [3.05, 3.63) is 35.9 Å². The van der Waals surface area contributed by atoms with Crippen LogP contribution in [0.25, 0.3) is 0 Å². The van der Waals surface area contributed by atoms with E-state index >= 15 is 0 Å². The van der Waals surface area contributed by atoms with Crippen LogP contribution in [0.4, 0.5) is 0 Å². The first-order chi connectivity index (χ1) is 10.0. The number of carbonyl (C=O) groups excluding carboxylic acids is 1. The lowest BCUT2D eigenvalue weighted by atomic mass is 9.73. The van der Waals surface area contributed by atoms with Gasteiger partial charge in [-0.1, -0.05) is 50.1 Å². The van der Waals surface area contributed by atoms with E-state index in [2.05, 4.69) is 5.32 Å². The van der Waals surface area contributed by atoms with E-state index in [4.69, 9.17) is 5.73 Å². The average Bonchev–Trinajstić information content (AvgIpc) is 2.49. The number of benzene rings is 1. The van der Waals surface area contributed by atoms with Crippen LogP contribution in [0.5, 0.6) is 0 Å². The van der Waals surface area contributed by atoms with Gasteiger partial charge in [0.25, 0.3) is 0 Å². The molecule has 0 spiro atoms. The van der Waals surface area contributed by atoms with E-state index in [1.807, 2.05) is 37.3 Å². The summed E-state index contributed by atoms with van der Waals surface area (Å²) in [7, 11) is 0. The molecule has 0 saturated heterocycles. The summed E-state index contributed by atoms with van der Waals surface area (Å²) < 4.78 is 0. The Bertz CT molecular complexity index is 463. The van der Waals surface area contributed by atoms with E-state index in [1.165, 1.54) is 0 Å². The Labute approximate surface area is 126 Å². The summed E-state index contributed by atoms with van der Waals surface area (Å²) in [6.45, 7) is 2.57. The molecule has 0 aromatic heterocycles. The van der Waals surface area contributed by atoms with E-state index in [0.717, 1.165) is 31.2 Å². The van der Waals surface area contributed by atoms with Crippen LogP contribution in [0.1, 0.15) is 50.6 Å². The largest absolute Gasteiger partial charge is 0.392 e. The highest BCUT2D eigenvalue weighted by Gasteiger charge is 2.35. The maximum atomic E-state index is 12.0. The van der Waals surface area contributed by atoms with Crippen LogP contribution >= 0.6 is 0 Å². The fourth-order valence-electron chi connectivity index (χ4n) is 2.98. The highest BCUT2D eigenvalue weighted by atomic mass is 16.3. The standard InChI is InChI=1S/C17H26N2O2/c1-17(10-6-5-9-15(17)20)12-19-16(21)11-14(18)13-7-3-2-4-8-13/h2-4,7-8,14-15,20H,5-6,9-12,18H2,1H3,(H,19,21). The molecule has 4 N–H and O–H groups in total. The minimum atomic E-state index is -0.325. The Balaban J connectivity index is 1.82. The number of hydrogen-bond donors (Lipinski definition) is 3. The summed E-state index contributed by atoms with van der Waals surface area (Å²) in [6.07, 6.45) is 3.93. The first-order valence-electron chi connectivity index (χ1n) is 7.76. The van der Waals surface area contributed by atoms with Crippen LogP contribution in [-0.4, -0.2) is 23.7 Å². The molecule has 4 nitrogen and oxygen atoms in total. The molecule has 3 atom stereocenters. The van der Waals surface area contributed by atoms with Gasteiger partial charge in [-0.05, 0) is 18.4 Å². The highest BCUT2D eigenvalue weighted by Crippen LogP contribution is 2.35. The fraction of sp³-hybridized carbons (Fsp3) is 0.588. The second-order valence-corrected chi connectivity index (χ2v) is 6.41. The number of aliphatic hydroxyl groups excluding tert-OH is 1. The quantitative estimate of drug-likeness (QED) is 0.777. The molecular weight excluding hydrogens is 264 g/mol. The summed E-state index contributed by atoms with van der Waals surface area (Å²) in [5, 5.41) is 13.1. The van der Waals surface area contributed by atoms with Crippen molar-refractivity contribution in [3.63, 3.8) is 0 Å². The summed E-state index contributed by atoms with van der Waals surface area (Å²) in [5.74, 6) is -0.0506. The van der Waals surface area contributed by atoms with E-state index in [9.17, 15) is 9.90 Å². The SMILES string of the molecule is CC1(CNC(=O)CC(N)c2ccccc2)CCCCC1O. The Morgan fingerprint density at radius 1 is 1.43 bits per heavy atom. The van der Waals surface area contributed by atoms with Gasteiger partial charge in [-0.25, -0.2) is 0 Å². The molecule has 1 aromatic rings. The van der Waals surface area contributed by atoms with Crippen molar-refractivity contribution in [3.8, 4) is 0 Å². The van der Waals surface area contributed by atoms with Crippen molar-refractivity contribution in [2.24, 2.45) is 11.1 Å². The minimum absolute atomic E-state index is 0.0506. The number of rotatable bonds is 5. The van der Waals surface area contributed by atoms with Crippen LogP contribution in [0.15, 0.2) is 30.3 Å². The molecule has 0 aliphatic heterocycles. The maximum absolute atomic E-state index is 12.0. The van der Waals surface area contributed by atoms with Crippen molar-refractivity contribution in [2.45, 2.75) is 51.2 Å². The van der Waals surface area contributed by atoms with Crippen LogP contribution in [-0.2, 0) is 4.79 Å². The van der Waals surface area contributed by atoms with E-state index in [-0.39, 0.29) is 29.9 Å². The molecule has 3 unspecified atom stereocenters. The molecule has 116 valence electrons. The molecule has 1 amide bonds. The van der Waals surface area contributed by atoms with Gasteiger partial charge in [0.15, 0.2) is 0 Å². The monoisotopic (exact) mass is 290 g/mol.